The molecule has 1 aromatic carbocycles. The third-order valence-electron chi connectivity index (χ3n) is 5.60. The van der Waals surface area contributed by atoms with Crippen molar-refractivity contribution in [2.75, 3.05) is 26.2 Å². The SMILES string of the molecule is Cc1cccc(S(=O)(=O)N2CCc3sc(OCCCC4CCNC4)cc3C2)c1. The number of fused-ring (bicyclic) bond motifs is 1. The first-order valence-corrected chi connectivity index (χ1v) is 12.3. The van der Waals surface area contributed by atoms with Crippen LogP contribution in [-0.2, 0) is 23.0 Å². The van der Waals surface area contributed by atoms with Gasteiger partial charge in [0.25, 0.3) is 0 Å². The van der Waals surface area contributed by atoms with Crippen molar-refractivity contribution in [1.29, 1.82) is 0 Å². The Morgan fingerprint density at radius 3 is 3.00 bits per heavy atom. The number of benzene rings is 1. The van der Waals surface area contributed by atoms with Crippen molar-refractivity contribution in [3.05, 3.63) is 46.3 Å². The third kappa shape index (κ3) is 4.43. The maximum atomic E-state index is 13.0. The molecule has 7 heteroatoms. The smallest absolute Gasteiger partial charge is 0.243 e. The van der Waals surface area contributed by atoms with E-state index in [0.717, 1.165) is 54.6 Å². The van der Waals surface area contributed by atoms with E-state index in [9.17, 15) is 8.42 Å². The van der Waals surface area contributed by atoms with Gasteiger partial charge in [-0.2, -0.15) is 4.31 Å². The molecule has 1 fully saturated rings. The molecule has 0 radical (unpaired) electrons. The van der Waals surface area contributed by atoms with Crippen LogP contribution in [0.15, 0.2) is 35.2 Å². The molecule has 2 aromatic rings. The van der Waals surface area contributed by atoms with Gasteiger partial charge in [0, 0.05) is 18.0 Å². The number of aryl methyl sites for hydroxylation is 1. The Morgan fingerprint density at radius 2 is 2.21 bits per heavy atom. The molecule has 0 bridgehead atoms. The summed E-state index contributed by atoms with van der Waals surface area (Å²) in [5.74, 6) is 0.792. The number of nitrogens with one attached hydrogen (secondary N) is 1. The molecule has 1 N–H and O–H groups in total. The zero-order chi connectivity index (χ0) is 19.6. The first kappa shape index (κ1) is 19.9. The third-order valence-corrected chi connectivity index (χ3v) is 8.59. The highest BCUT2D eigenvalue weighted by Crippen LogP contribution is 2.35. The maximum Gasteiger partial charge on any atom is 0.243 e. The summed E-state index contributed by atoms with van der Waals surface area (Å²) < 4.78 is 33.5. The van der Waals surface area contributed by atoms with Crippen molar-refractivity contribution in [1.82, 2.24) is 9.62 Å². The van der Waals surface area contributed by atoms with Gasteiger partial charge in [0.15, 0.2) is 5.06 Å². The average Bonchev–Trinajstić information content (AvgIpc) is 3.34. The molecule has 5 nitrogen and oxygen atoms in total. The van der Waals surface area contributed by atoms with Gasteiger partial charge in [-0.05, 0) is 80.9 Å². The lowest BCUT2D eigenvalue weighted by Crippen LogP contribution is -2.35. The minimum absolute atomic E-state index is 0.379. The van der Waals surface area contributed by atoms with Crippen LogP contribution in [-0.4, -0.2) is 39.0 Å². The Hall–Kier alpha value is -1.41. The van der Waals surface area contributed by atoms with Crippen molar-refractivity contribution in [3.8, 4) is 5.06 Å². The first-order chi connectivity index (χ1) is 13.5. The van der Waals surface area contributed by atoms with Gasteiger partial charge in [-0.1, -0.05) is 12.1 Å². The van der Waals surface area contributed by atoms with Crippen molar-refractivity contribution >= 4 is 21.4 Å². The fourth-order valence-electron chi connectivity index (χ4n) is 3.99. The Bertz CT molecular complexity index is 917. The summed E-state index contributed by atoms with van der Waals surface area (Å²) in [5, 5.41) is 4.32. The Morgan fingerprint density at radius 1 is 1.32 bits per heavy atom. The van der Waals surface area contributed by atoms with Gasteiger partial charge < -0.3 is 10.1 Å². The summed E-state index contributed by atoms with van der Waals surface area (Å²) >= 11 is 1.67. The van der Waals surface area contributed by atoms with Gasteiger partial charge >= 0.3 is 0 Å². The fourth-order valence-corrected chi connectivity index (χ4v) is 6.55. The van der Waals surface area contributed by atoms with Gasteiger partial charge in [0.2, 0.25) is 10.0 Å². The number of hydrogen-bond acceptors (Lipinski definition) is 5. The van der Waals surface area contributed by atoms with Crippen LogP contribution in [0.4, 0.5) is 0 Å². The number of hydrogen-bond donors (Lipinski definition) is 1. The standard InChI is InChI=1S/C21H28N2O3S2/c1-16-4-2-6-19(12-16)28(24,25)23-10-8-20-18(15-23)13-21(27-20)26-11-3-5-17-7-9-22-14-17/h2,4,6,12-13,17,22H,3,5,7-11,14-15H2,1H3. The summed E-state index contributed by atoms with van der Waals surface area (Å²) in [6, 6.07) is 9.18. The van der Waals surface area contributed by atoms with E-state index in [1.54, 1.807) is 33.8 Å². The van der Waals surface area contributed by atoms with Gasteiger partial charge in [-0.25, -0.2) is 8.42 Å². The van der Waals surface area contributed by atoms with Crippen LogP contribution in [0.3, 0.4) is 0 Å². The molecular weight excluding hydrogens is 392 g/mol. The Labute approximate surface area is 171 Å². The monoisotopic (exact) mass is 420 g/mol. The van der Waals surface area contributed by atoms with E-state index in [2.05, 4.69) is 5.32 Å². The van der Waals surface area contributed by atoms with E-state index in [0.29, 0.717) is 18.0 Å². The molecule has 2 aliphatic rings. The predicted octanol–water partition coefficient (Wildman–Crippen LogP) is 3.57. The number of sulfonamides is 1. The lowest BCUT2D eigenvalue weighted by Gasteiger charge is -2.26. The molecule has 0 spiro atoms. The molecule has 3 heterocycles. The van der Waals surface area contributed by atoms with Crippen LogP contribution in [0, 0.1) is 12.8 Å². The second-order valence-electron chi connectivity index (χ2n) is 7.77. The van der Waals surface area contributed by atoms with Crippen molar-refractivity contribution in [2.45, 2.75) is 44.0 Å². The zero-order valence-electron chi connectivity index (χ0n) is 16.3. The molecular formula is C21H28N2O3S2. The van der Waals surface area contributed by atoms with E-state index in [1.165, 1.54) is 17.7 Å². The molecule has 1 unspecified atom stereocenters. The largest absolute Gasteiger partial charge is 0.484 e. The minimum Gasteiger partial charge on any atom is -0.484 e. The molecule has 152 valence electrons. The van der Waals surface area contributed by atoms with E-state index in [1.807, 2.05) is 19.1 Å². The second-order valence-corrected chi connectivity index (χ2v) is 10.8. The second kappa shape index (κ2) is 8.53. The molecule has 0 aliphatic carbocycles. The molecule has 4 rings (SSSR count). The van der Waals surface area contributed by atoms with Gasteiger partial charge in [-0.15, -0.1) is 11.3 Å². The highest BCUT2D eigenvalue weighted by Gasteiger charge is 2.29. The molecule has 0 saturated carbocycles. The normalized spacial score (nSPS) is 20.2. The molecule has 28 heavy (non-hydrogen) atoms. The highest BCUT2D eigenvalue weighted by molar-refractivity contribution is 7.89. The summed E-state index contributed by atoms with van der Waals surface area (Å²) in [6.07, 6.45) is 4.31. The Kier molecular flexibility index (Phi) is 6.06. The van der Waals surface area contributed by atoms with E-state index in [4.69, 9.17) is 4.74 Å². The molecule has 0 amide bonds. The Balaban J connectivity index is 1.36. The highest BCUT2D eigenvalue weighted by atomic mass is 32.2. The summed E-state index contributed by atoms with van der Waals surface area (Å²) in [7, 11) is -3.46. The van der Waals surface area contributed by atoms with E-state index >= 15 is 0 Å². The number of rotatable bonds is 7. The molecule has 2 aliphatic heterocycles. The number of thiophene rings is 1. The van der Waals surface area contributed by atoms with Gasteiger partial charge in [-0.3, -0.25) is 0 Å². The van der Waals surface area contributed by atoms with E-state index in [-0.39, 0.29) is 0 Å². The zero-order valence-corrected chi connectivity index (χ0v) is 17.9. The lowest BCUT2D eigenvalue weighted by molar-refractivity contribution is 0.302. The summed E-state index contributed by atoms with van der Waals surface area (Å²) in [6.45, 7) is 5.89. The van der Waals surface area contributed by atoms with Crippen LogP contribution in [0.25, 0.3) is 0 Å². The van der Waals surface area contributed by atoms with Crippen LogP contribution in [0.2, 0.25) is 0 Å². The van der Waals surface area contributed by atoms with Crippen LogP contribution >= 0.6 is 11.3 Å². The van der Waals surface area contributed by atoms with Crippen molar-refractivity contribution < 1.29 is 13.2 Å². The van der Waals surface area contributed by atoms with Crippen LogP contribution in [0.5, 0.6) is 5.06 Å². The lowest BCUT2D eigenvalue weighted by atomic mass is 10.0. The van der Waals surface area contributed by atoms with Crippen molar-refractivity contribution in [2.24, 2.45) is 5.92 Å². The maximum absolute atomic E-state index is 13.0. The van der Waals surface area contributed by atoms with Crippen molar-refractivity contribution in [3.63, 3.8) is 0 Å². The number of nitrogens with zero attached hydrogens (tertiary/aromatic N) is 1. The molecule has 1 aromatic heterocycles. The summed E-state index contributed by atoms with van der Waals surface area (Å²) in [4.78, 5) is 1.63. The molecule has 1 saturated heterocycles. The average molecular weight is 421 g/mol. The van der Waals surface area contributed by atoms with E-state index < -0.39 is 10.0 Å². The predicted molar refractivity (Wildman–Crippen MR) is 113 cm³/mol. The molecule has 1 atom stereocenters. The fraction of sp³-hybridized carbons (Fsp3) is 0.524. The van der Waals surface area contributed by atoms with Gasteiger partial charge in [0.1, 0.15) is 0 Å². The van der Waals surface area contributed by atoms with Crippen LogP contribution in [0.1, 0.15) is 35.3 Å². The topological polar surface area (TPSA) is 58.6 Å². The first-order valence-electron chi connectivity index (χ1n) is 10.0. The van der Waals surface area contributed by atoms with Gasteiger partial charge in [0.05, 0.1) is 11.5 Å². The number of ether oxygens (including phenoxy) is 1. The summed E-state index contributed by atoms with van der Waals surface area (Å²) in [5.41, 5.74) is 2.04. The minimum atomic E-state index is -3.46. The quantitative estimate of drug-likeness (QED) is 0.696. The van der Waals surface area contributed by atoms with Crippen LogP contribution < -0.4 is 10.1 Å².